The highest BCUT2D eigenvalue weighted by atomic mass is 19.4. The lowest BCUT2D eigenvalue weighted by atomic mass is 10.0. The quantitative estimate of drug-likeness (QED) is 0.124. The van der Waals surface area contributed by atoms with Crippen LogP contribution < -0.4 is 22.1 Å². The zero-order valence-corrected chi connectivity index (χ0v) is 19.5. The van der Waals surface area contributed by atoms with Gasteiger partial charge in [-0.05, 0) is 29.7 Å². The van der Waals surface area contributed by atoms with E-state index in [9.17, 15) is 32.3 Å². The van der Waals surface area contributed by atoms with Crippen molar-refractivity contribution in [2.24, 2.45) is 22.4 Å². The number of hydrogen-bond acceptors (Lipinski definition) is 6. The second-order valence-electron chi connectivity index (χ2n) is 7.49. The number of aliphatic carboxylic acids is 3. The molecule has 0 aliphatic carbocycles. The number of hydrogen-bond donors (Lipinski definition) is 7. The predicted octanol–water partition coefficient (Wildman–Crippen LogP) is 0.423. The Hall–Kier alpha value is -4.63. The Kier molecular flexibility index (Phi) is 12.9. The maximum atomic E-state index is 12.3. The lowest BCUT2D eigenvalue weighted by Crippen LogP contribution is -2.53. The Labute approximate surface area is 208 Å². The van der Waals surface area contributed by atoms with E-state index in [1.165, 1.54) is 6.08 Å². The minimum atomic E-state index is -5.08. The third kappa shape index (κ3) is 13.7. The summed E-state index contributed by atoms with van der Waals surface area (Å²) in [6, 6.07) is 3.88. The molecule has 1 aromatic rings. The predicted molar refractivity (Wildman–Crippen MR) is 123 cm³/mol. The zero-order chi connectivity index (χ0) is 28.9. The third-order valence-electron chi connectivity index (χ3n) is 4.06. The van der Waals surface area contributed by atoms with E-state index in [1.807, 2.05) is 0 Å². The van der Waals surface area contributed by atoms with Crippen LogP contribution in [0.4, 0.5) is 18.9 Å². The monoisotopic (exact) mass is 533 g/mol. The van der Waals surface area contributed by atoms with Gasteiger partial charge in [0.05, 0.1) is 12.1 Å². The fraction of sp³-hybridized carbons (Fsp3) is 0.333. The van der Waals surface area contributed by atoms with Crippen molar-refractivity contribution in [3.63, 3.8) is 0 Å². The molecule has 0 aliphatic heterocycles. The summed E-state index contributed by atoms with van der Waals surface area (Å²) in [5, 5.41) is 29.8. The second kappa shape index (κ2) is 14.7. The fourth-order valence-corrected chi connectivity index (χ4v) is 2.35. The van der Waals surface area contributed by atoms with Gasteiger partial charge in [-0.1, -0.05) is 26.0 Å². The number of carbonyl (C=O) groups is 5. The van der Waals surface area contributed by atoms with E-state index < -0.39 is 60.3 Å². The molecule has 1 rings (SSSR count). The first-order chi connectivity index (χ1) is 16.9. The molecular weight excluding hydrogens is 507 g/mol. The maximum Gasteiger partial charge on any atom is 0.490 e. The molecule has 0 saturated carbocycles. The van der Waals surface area contributed by atoms with Crippen molar-refractivity contribution in [3.05, 3.63) is 35.9 Å². The maximum absolute atomic E-state index is 12.3. The number of rotatable bonds is 10. The number of aliphatic imine (C=N–C) groups is 1. The number of carboxylic acid groups (broad SMARTS) is 3. The van der Waals surface area contributed by atoms with Crippen LogP contribution in [0.3, 0.4) is 0 Å². The number of nitrogens with two attached hydrogens (primary N) is 2. The van der Waals surface area contributed by atoms with Crippen molar-refractivity contribution in [3.8, 4) is 0 Å². The zero-order valence-electron chi connectivity index (χ0n) is 19.5. The summed E-state index contributed by atoms with van der Waals surface area (Å²) in [5.41, 5.74) is 11.7. The fourth-order valence-electron chi connectivity index (χ4n) is 2.35. The van der Waals surface area contributed by atoms with Gasteiger partial charge < -0.3 is 37.4 Å². The number of carboxylic acids is 3. The Morgan fingerprint density at radius 2 is 1.51 bits per heavy atom. The minimum absolute atomic E-state index is 0.0944. The molecule has 0 unspecified atom stereocenters. The molecule has 0 saturated heterocycles. The molecule has 0 radical (unpaired) electrons. The molecular formula is C21H26F3N5O8. The second-order valence-corrected chi connectivity index (χ2v) is 7.49. The van der Waals surface area contributed by atoms with Gasteiger partial charge in [-0.15, -0.1) is 0 Å². The highest BCUT2D eigenvalue weighted by Crippen LogP contribution is 2.14. The highest BCUT2D eigenvalue weighted by molar-refractivity contribution is 5.97. The Morgan fingerprint density at radius 1 is 1.00 bits per heavy atom. The van der Waals surface area contributed by atoms with E-state index in [2.05, 4.69) is 15.6 Å². The molecule has 204 valence electrons. The smallest absolute Gasteiger partial charge is 0.481 e. The third-order valence-corrected chi connectivity index (χ3v) is 4.06. The molecule has 0 heterocycles. The van der Waals surface area contributed by atoms with Gasteiger partial charge in [0.15, 0.2) is 5.96 Å². The minimum Gasteiger partial charge on any atom is -0.481 e. The molecule has 0 aliphatic rings. The van der Waals surface area contributed by atoms with E-state index in [1.54, 1.807) is 38.1 Å². The molecule has 1 aromatic carbocycles. The van der Waals surface area contributed by atoms with Crippen molar-refractivity contribution in [2.45, 2.75) is 38.5 Å². The van der Waals surface area contributed by atoms with Gasteiger partial charge in [-0.2, -0.15) is 13.2 Å². The van der Waals surface area contributed by atoms with Crippen LogP contribution in [0.1, 0.15) is 25.8 Å². The van der Waals surface area contributed by atoms with Crippen molar-refractivity contribution < 1.29 is 52.5 Å². The van der Waals surface area contributed by atoms with E-state index in [0.717, 1.165) is 6.08 Å². The van der Waals surface area contributed by atoms with E-state index in [4.69, 9.17) is 31.6 Å². The first-order valence-electron chi connectivity index (χ1n) is 10.2. The molecule has 37 heavy (non-hydrogen) atoms. The number of nitrogens with one attached hydrogen (secondary N) is 2. The summed E-state index contributed by atoms with van der Waals surface area (Å²) in [5.74, 6) is -7.50. The molecule has 0 fully saturated rings. The number of amides is 2. The van der Waals surface area contributed by atoms with Crippen LogP contribution in [0.25, 0.3) is 6.08 Å². The van der Waals surface area contributed by atoms with Gasteiger partial charge in [-0.3, -0.25) is 14.4 Å². The van der Waals surface area contributed by atoms with Crippen LogP contribution >= 0.6 is 0 Å². The summed E-state index contributed by atoms with van der Waals surface area (Å²) in [7, 11) is 0. The SMILES string of the molecule is CC(C)[C@@H](NC(=O)[C@H](CC(=O)O)NC(=O)C=Cc1ccc(N=C(N)N)cc1)C(=O)O.O=C(O)C(F)(F)F. The largest absolute Gasteiger partial charge is 0.490 e. The summed E-state index contributed by atoms with van der Waals surface area (Å²) in [6.45, 7) is 3.18. The number of carbonyl (C=O) groups excluding carboxylic acids is 2. The van der Waals surface area contributed by atoms with Gasteiger partial charge in [0.25, 0.3) is 0 Å². The first-order valence-corrected chi connectivity index (χ1v) is 10.2. The molecule has 16 heteroatoms. The van der Waals surface area contributed by atoms with Crippen molar-refractivity contribution in [1.82, 2.24) is 10.6 Å². The first kappa shape index (κ1) is 32.4. The van der Waals surface area contributed by atoms with Crippen molar-refractivity contribution >= 4 is 47.4 Å². The number of benzene rings is 1. The number of alkyl halides is 3. The summed E-state index contributed by atoms with van der Waals surface area (Å²) in [6.07, 6.45) is -3.23. The molecule has 2 amide bonds. The van der Waals surface area contributed by atoms with Crippen molar-refractivity contribution in [2.75, 3.05) is 0 Å². The Bertz CT molecular complexity index is 1040. The van der Waals surface area contributed by atoms with Crippen LogP contribution in [0.2, 0.25) is 0 Å². The van der Waals surface area contributed by atoms with E-state index in [-0.39, 0.29) is 5.96 Å². The standard InChI is InChI=1S/C19H25N5O6.C2HF3O2/c1-10(2)16(18(29)30)24-17(28)13(9-15(26)27)23-14(25)8-5-11-3-6-12(7-4-11)22-19(20)21;3-2(4,5)1(6)7/h3-8,10,13,16H,9H2,1-2H3,(H,23,25)(H,24,28)(H,26,27)(H,29,30)(H4,20,21,22);(H,6,7)/t13-,16+;/m0./s1. The van der Waals surface area contributed by atoms with Crippen LogP contribution in [0, 0.1) is 5.92 Å². The molecule has 13 nitrogen and oxygen atoms in total. The van der Waals surface area contributed by atoms with Gasteiger partial charge >= 0.3 is 24.1 Å². The molecule has 0 spiro atoms. The Morgan fingerprint density at radius 3 is 1.89 bits per heavy atom. The summed E-state index contributed by atoms with van der Waals surface area (Å²) >= 11 is 0. The summed E-state index contributed by atoms with van der Waals surface area (Å²) in [4.78, 5) is 59.5. The average Bonchev–Trinajstić information content (AvgIpc) is 2.75. The normalized spacial score (nSPS) is 12.5. The summed E-state index contributed by atoms with van der Waals surface area (Å²) < 4.78 is 31.7. The lowest BCUT2D eigenvalue weighted by molar-refractivity contribution is -0.192. The number of nitrogens with zero attached hydrogens (tertiary/aromatic N) is 1. The van der Waals surface area contributed by atoms with Gasteiger partial charge in [0, 0.05) is 6.08 Å². The highest BCUT2D eigenvalue weighted by Gasteiger charge is 2.38. The van der Waals surface area contributed by atoms with Crippen LogP contribution in [-0.2, 0) is 24.0 Å². The van der Waals surface area contributed by atoms with Gasteiger partial charge in [-0.25, -0.2) is 14.6 Å². The van der Waals surface area contributed by atoms with Crippen LogP contribution in [0.15, 0.2) is 35.3 Å². The van der Waals surface area contributed by atoms with Gasteiger partial charge in [0.1, 0.15) is 12.1 Å². The molecule has 0 bridgehead atoms. The molecule has 0 aromatic heterocycles. The van der Waals surface area contributed by atoms with Crippen LogP contribution in [-0.4, -0.2) is 69.3 Å². The number of guanidine groups is 1. The Balaban J connectivity index is 0.00000161. The van der Waals surface area contributed by atoms with Gasteiger partial charge in [0.2, 0.25) is 11.8 Å². The van der Waals surface area contributed by atoms with E-state index >= 15 is 0 Å². The molecule has 2 atom stereocenters. The topological polar surface area (TPSA) is 234 Å². The van der Waals surface area contributed by atoms with Crippen LogP contribution in [0.5, 0.6) is 0 Å². The number of halogens is 3. The molecule has 9 N–H and O–H groups in total. The average molecular weight is 533 g/mol. The lowest BCUT2D eigenvalue weighted by Gasteiger charge is -2.22. The van der Waals surface area contributed by atoms with E-state index in [0.29, 0.717) is 11.3 Å². The van der Waals surface area contributed by atoms with Crippen molar-refractivity contribution in [1.29, 1.82) is 0 Å².